The normalized spacial score (nSPS) is 12.2. The highest BCUT2D eigenvalue weighted by molar-refractivity contribution is 7.80. The van der Waals surface area contributed by atoms with E-state index in [9.17, 15) is 9.90 Å². The van der Waals surface area contributed by atoms with Crippen LogP contribution in [0.25, 0.3) is 22.6 Å². The summed E-state index contributed by atoms with van der Waals surface area (Å²) in [5, 5.41) is 16.1. The summed E-state index contributed by atoms with van der Waals surface area (Å²) in [4.78, 5) is 17.1. The number of thiocarbonyl (C=S) groups is 1. The van der Waals surface area contributed by atoms with Crippen LogP contribution in [0, 0.1) is 0 Å². The smallest absolute Gasteiger partial charge is 0.257 e. The topological polar surface area (TPSA) is 106 Å². The molecule has 0 radical (unpaired) electrons. The van der Waals surface area contributed by atoms with E-state index in [0.29, 0.717) is 45.3 Å². The second-order valence-electron chi connectivity index (χ2n) is 8.11. The molecule has 4 aromatic rings. The van der Waals surface area contributed by atoms with Crippen LogP contribution in [0.1, 0.15) is 35.7 Å². The Kier molecular flexibility index (Phi) is 5.54. The van der Waals surface area contributed by atoms with Gasteiger partial charge in [-0.05, 0) is 72.2 Å². The molecule has 0 saturated carbocycles. The number of oxazole rings is 1. The third-order valence-corrected chi connectivity index (χ3v) is 5.63. The minimum atomic E-state index is -0.394. The fourth-order valence-corrected chi connectivity index (χ4v) is 3.79. The highest BCUT2D eigenvalue weighted by Crippen LogP contribution is 2.34. The lowest BCUT2D eigenvalue weighted by Gasteiger charge is -2.11. The predicted octanol–water partition coefficient (Wildman–Crippen LogP) is 5.18. The van der Waals surface area contributed by atoms with E-state index in [0.717, 1.165) is 5.56 Å². The Bertz CT molecular complexity index is 1430. The molecule has 1 amide bonds. The Morgan fingerprint density at radius 3 is 2.71 bits per heavy atom. The second kappa shape index (κ2) is 8.68. The average Bonchev–Trinajstić information content (AvgIpc) is 3.45. The molecule has 0 atom stereocenters. The van der Waals surface area contributed by atoms with E-state index in [-0.39, 0.29) is 23.5 Å². The number of phenols is 1. The largest absolute Gasteiger partial charge is 0.507 e. The number of carbonyl (C=O) groups is 1. The number of nitrogens with zero attached hydrogens (tertiary/aromatic N) is 1. The minimum absolute atomic E-state index is 0.0107. The molecule has 1 aliphatic heterocycles. The maximum atomic E-state index is 12.6. The Morgan fingerprint density at radius 2 is 1.88 bits per heavy atom. The van der Waals surface area contributed by atoms with Gasteiger partial charge in [-0.15, -0.1) is 0 Å². The molecule has 2 heterocycles. The number of aromatic nitrogens is 1. The Hall–Kier alpha value is -4.11. The number of hydrogen-bond donors (Lipinski definition) is 3. The average molecular weight is 476 g/mol. The van der Waals surface area contributed by atoms with Crippen molar-refractivity contribution in [1.82, 2.24) is 10.3 Å². The van der Waals surface area contributed by atoms with Crippen molar-refractivity contribution in [3.8, 4) is 28.7 Å². The first-order chi connectivity index (χ1) is 16.4. The van der Waals surface area contributed by atoms with Gasteiger partial charge in [-0.1, -0.05) is 19.9 Å². The summed E-state index contributed by atoms with van der Waals surface area (Å²) >= 11 is 5.30. The third-order valence-electron chi connectivity index (χ3n) is 5.42. The van der Waals surface area contributed by atoms with Crippen LogP contribution in [0.3, 0.4) is 0 Å². The summed E-state index contributed by atoms with van der Waals surface area (Å²) in [6.07, 6.45) is 0. The summed E-state index contributed by atoms with van der Waals surface area (Å²) in [6.45, 7) is 4.34. The quantitative estimate of drug-likeness (QED) is 0.274. The molecule has 0 bridgehead atoms. The van der Waals surface area contributed by atoms with Gasteiger partial charge in [-0.3, -0.25) is 10.1 Å². The molecule has 0 unspecified atom stereocenters. The van der Waals surface area contributed by atoms with E-state index < -0.39 is 5.91 Å². The second-order valence-corrected chi connectivity index (χ2v) is 8.52. The minimum Gasteiger partial charge on any atom is -0.507 e. The van der Waals surface area contributed by atoms with Crippen LogP contribution < -0.4 is 20.1 Å². The van der Waals surface area contributed by atoms with Gasteiger partial charge in [-0.2, -0.15) is 0 Å². The zero-order chi connectivity index (χ0) is 23.8. The van der Waals surface area contributed by atoms with Crippen molar-refractivity contribution >= 4 is 40.0 Å². The molecule has 5 rings (SSSR count). The van der Waals surface area contributed by atoms with Crippen molar-refractivity contribution < 1.29 is 23.8 Å². The maximum absolute atomic E-state index is 12.6. The number of nitrogens with one attached hydrogen (secondary N) is 2. The molecule has 0 spiro atoms. The summed E-state index contributed by atoms with van der Waals surface area (Å²) in [5.74, 6) is 1.36. The number of phenolic OH excluding ortho intramolecular Hbond substituents is 1. The van der Waals surface area contributed by atoms with Crippen molar-refractivity contribution in [3.05, 3.63) is 65.7 Å². The first-order valence-electron chi connectivity index (χ1n) is 10.6. The van der Waals surface area contributed by atoms with Crippen LogP contribution in [0.4, 0.5) is 5.69 Å². The zero-order valence-corrected chi connectivity index (χ0v) is 19.2. The Balaban J connectivity index is 1.33. The predicted molar refractivity (Wildman–Crippen MR) is 131 cm³/mol. The number of rotatable bonds is 4. The summed E-state index contributed by atoms with van der Waals surface area (Å²) in [7, 11) is 0. The maximum Gasteiger partial charge on any atom is 0.257 e. The van der Waals surface area contributed by atoms with Gasteiger partial charge in [0.25, 0.3) is 5.91 Å². The molecule has 8 nitrogen and oxygen atoms in total. The number of hydrogen-bond acceptors (Lipinski definition) is 7. The van der Waals surface area contributed by atoms with Gasteiger partial charge in [0.15, 0.2) is 22.2 Å². The fraction of sp³-hybridized carbons (Fsp3) is 0.160. The van der Waals surface area contributed by atoms with Crippen molar-refractivity contribution in [3.63, 3.8) is 0 Å². The molecule has 1 aliphatic rings. The number of benzene rings is 3. The van der Waals surface area contributed by atoms with Crippen LogP contribution in [0.15, 0.2) is 59.0 Å². The van der Waals surface area contributed by atoms with Crippen LogP contribution in [0.2, 0.25) is 0 Å². The number of aromatic hydroxyl groups is 1. The zero-order valence-electron chi connectivity index (χ0n) is 18.4. The highest BCUT2D eigenvalue weighted by Gasteiger charge is 2.18. The highest BCUT2D eigenvalue weighted by atomic mass is 32.1. The number of fused-ring (bicyclic) bond motifs is 2. The van der Waals surface area contributed by atoms with Gasteiger partial charge in [0, 0.05) is 11.3 Å². The monoisotopic (exact) mass is 475 g/mol. The first-order valence-corrected chi connectivity index (χ1v) is 11.0. The van der Waals surface area contributed by atoms with E-state index in [1.54, 1.807) is 30.3 Å². The lowest BCUT2D eigenvalue weighted by molar-refractivity contribution is 0.0977. The van der Waals surface area contributed by atoms with E-state index in [1.807, 2.05) is 18.2 Å². The van der Waals surface area contributed by atoms with Crippen LogP contribution in [-0.4, -0.2) is 27.9 Å². The van der Waals surface area contributed by atoms with Crippen molar-refractivity contribution in [2.24, 2.45) is 0 Å². The van der Waals surface area contributed by atoms with Gasteiger partial charge >= 0.3 is 0 Å². The number of anilines is 1. The summed E-state index contributed by atoms with van der Waals surface area (Å²) in [5.41, 5.74) is 3.82. The standard InChI is InChI=1S/C25H21N3O5S/c1-13(2)14-3-7-20-18(9-14)27-24(33-20)17-11-16(5-6-19(17)29)26-25(34)28-23(30)15-4-8-21-22(10-15)32-12-31-21/h3-11,13,29H,12H2,1-2H3,(H2,26,28,30,34). The summed E-state index contributed by atoms with van der Waals surface area (Å²) < 4.78 is 16.4. The number of carbonyl (C=O) groups excluding carboxylic acids is 1. The van der Waals surface area contributed by atoms with Gasteiger partial charge in [0.2, 0.25) is 12.7 Å². The van der Waals surface area contributed by atoms with Gasteiger partial charge in [-0.25, -0.2) is 4.98 Å². The molecule has 34 heavy (non-hydrogen) atoms. The molecule has 1 aromatic heterocycles. The lowest BCUT2D eigenvalue weighted by Crippen LogP contribution is -2.34. The number of ether oxygens (including phenoxy) is 2. The molecular formula is C25H21N3O5S. The van der Waals surface area contributed by atoms with Crippen molar-refractivity contribution in [1.29, 1.82) is 0 Å². The molecule has 0 saturated heterocycles. The molecule has 9 heteroatoms. The third kappa shape index (κ3) is 4.25. The van der Waals surface area contributed by atoms with E-state index in [4.69, 9.17) is 26.1 Å². The lowest BCUT2D eigenvalue weighted by atomic mass is 10.0. The van der Waals surface area contributed by atoms with Crippen molar-refractivity contribution in [2.75, 3.05) is 12.1 Å². The molecule has 172 valence electrons. The van der Waals surface area contributed by atoms with Crippen LogP contribution >= 0.6 is 12.2 Å². The van der Waals surface area contributed by atoms with Gasteiger partial charge < -0.3 is 24.3 Å². The van der Waals surface area contributed by atoms with Crippen LogP contribution in [0.5, 0.6) is 17.2 Å². The Morgan fingerprint density at radius 1 is 1.06 bits per heavy atom. The van der Waals surface area contributed by atoms with E-state index >= 15 is 0 Å². The number of amides is 1. The SMILES string of the molecule is CC(C)c1ccc2oc(-c3cc(NC(=S)NC(=O)c4ccc5c(c4)OCO5)ccc3O)nc2c1. The molecule has 0 aliphatic carbocycles. The Labute approximate surface area is 200 Å². The summed E-state index contributed by atoms with van der Waals surface area (Å²) in [6, 6.07) is 15.5. The van der Waals surface area contributed by atoms with Crippen LogP contribution in [-0.2, 0) is 0 Å². The molecule has 3 aromatic carbocycles. The molecular weight excluding hydrogens is 454 g/mol. The van der Waals surface area contributed by atoms with E-state index in [1.165, 1.54) is 6.07 Å². The van der Waals surface area contributed by atoms with Gasteiger partial charge in [0.1, 0.15) is 11.3 Å². The van der Waals surface area contributed by atoms with E-state index in [2.05, 4.69) is 29.5 Å². The molecule has 3 N–H and O–H groups in total. The fourth-order valence-electron chi connectivity index (χ4n) is 3.58. The first kappa shape index (κ1) is 21.7. The van der Waals surface area contributed by atoms with Gasteiger partial charge in [0.05, 0.1) is 5.56 Å². The van der Waals surface area contributed by atoms with Crippen molar-refractivity contribution in [2.45, 2.75) is 19.8 Å². The molecule has 0 fully saturated rings.